The highest BCUT2D eigenvalue weighted by atomic mass is 16.3. The Morgan fingerprint density at radius 1 is 1.02 bits per heavy atom. The molecule has 0 radical (unpaired) electrons. The molecule has 1 aliphatic heterocycles. The van der Waals surface area contributed by atoms with Gasteiger partial charge in [0.15, 0.2) is 0 Å². The number of aromatic nitrogens is 3. The molecule has 0 fully saturated rings. The number of H-pyrrole nitrogens is 1. The van der Waals surface area contributed by atoms with Crippen LogP contribution in [0.5, 0.6) is 0 Å². The lowest BCUT2D eigenvalue weighted by molar-refractivity contribution is -0.128. The molecule has 1 aromatic heterocycles. The molecule has 0 unspecified atom stereocenters. The van der Waals surface area contributed by atoms with Crippen molar-refractivity contribution >= 4 is 17.5 Å². The number of amides is 2. The Morgan fingerprint density at radius 2 is 1.71 bits per heavy atom. The summed E-state index contributed by atoms with van der Waals surface area (Å²) in [5.74, 6) is -0.414. The fraction of sp³-hybridized carbons (Fsp3) is 0.324. The molecule has 1 aliphatic rings. The molecule has 234 valence electrons. The number of anilines is 1. The van der Waals surface area contributed by atoms with E-state index >= 15 is 0 Å². The molecule has 4 aromatic rings. The van der Waals surface area contributed by atoms with Gasteiger partial charge in [0.1, 0.15) is 12.2 Å². The second-order valence-corrected chi connectivity index (χ2v) is 12.1. The second kappa shape index (κ2) is 13.4. The van der Waals surface area contributed by atoms with Crippen molar-refractivity contribution in [1.82, 2.24) is 25.4 Å². The molecule has 4 N–H and O–H groups in total. The van der Waals surface area contributed by atoms with Crippen molar-refractivity contribution in [2.45, 2.75) is 64.3 Å². The fourth-order valence-corrected chi connectivity index (χ4v) is 5.55. The van der Waals surface area contributed by atoms with Crippen LogP contribution in [0.25, 0.3) is 16.8 Å². The van der Waals surface area contributed by atoms with Crippen LogP contribution >= 0.6 is 0 Å². The maximum absolute atomic E-state index is 14.0. The minimum Gasteiger partial charge on any atom is -0.392 e. The Labute approximate surface area is 260 Å². The van der Waals surface area contributed by atoms with Crippen LogP contribution in [0.4, 0.5) is 5.69 Å². The normalized spacial score (nSPS) is 15.7. The molecule has 0 bridgehead atoms. The molecule has 2 heterocycles. The van der Waals surface area contributed by atoms with Gasteiger partial charge in [0.25, 0.3) is 5.56 Å². The Balaban J connectivity index is 1.37. The highest BCUT2D eigenvalue weighted by Gasteiger charge is 2.32. The minimum absolute atomic E-state index is 0.153. The molecule has 0 aliphatic carbocycles. The quantitative estimate of drug-likeness (QED) is 0.216. The molecular formula is C34H38N6O5. The average Bonchev–Trinajstić information content (AvgIpc) is 3.13. The molecule has 2 atom stereocenters. The van der Waals surface area contributed by atoms with Crippen LogP contribution in [0, 0.1) is 0 Å². The van der Waals surface area contributed by atoms with Gasteiger partial charge in [-0.2, -0.15) is 9.78 Å². The van der Waals surface area contributed by atoms with Gasteiger partial charge in [-0.3, -0.25) is 19.4 Å². The molecule has 5 rings (SSSR count). The van der Waals surface area contributed by atoms with Gasteiger partial charge in [-0.1, -0.05) is 60.7 Å². The number of nitrogens with zero attached hydrogens (tertiary/aromatic N) is 3. The Kier molecular flexibility index (Phi) is 9.40. The van der Waals surface area contributed by atoms with E-state index in [2.05, 4.69) is 20.7 Å². The van der Waals surface area contributed by atoms with Crippen LogP contribution < -0.4 is 26.8 Å². The summed E-state index contributed by atoms with van der Waals surface area (Å²) < 4.78 is 1.15. The van der Waals surface area contributed by atoms with Gasteiger partial charge < -0.3 is 20.6 Å². The molecule has 0 saturated heterocycles. The summed E-state index contributed by atoms with van der Waals surface area (Å²) in [5.41, 5.74) is 3.06. The van der Waals surface area contributed by atoms with E-state index in [0.717, 1.165) is 38.8 Å². The van der Waals surface area contributed by atoms with Crippen molar-refractivity contribution in [3.05, 3.63) is 111 Å². The van der Waals surface area contributed by atoms with Crippen LogP contribution in [0.15, 0.2) is 88.6 Å². The number of aromatic amines is 1. The largest absolute Gasteiger partial charge is 0.392 e. The van der Waals surface area contributed by atoms with Crippen LogP contribution in [-0.4, -0.2) is 55.9 Å². The number of hydrogen-bond acceptors (Lipinski definition) is 7. The number of aliphatic hydroxyl groups is 1. The number of benzene rings is 3. The predicted molar refractivity (Wildman–Crippen MR) is 172 cm³/mol. The van der Waals surface area contributed by atoms with E-state index in [9.17, 15) is 24.3 Å². The van der Waals surface area contributed by atoms with E-state index in [1.807, 2.05) is 74.5 Å². The molecule has 0 saturated carbocycles. The van der Waals surface area contributed by atoms with E-state index in [-0.39, 0.29) is 18.2 Å². The van der Waals surface area contributed by atoms with Crippen LogP contribution in [-0.2, 0) is 22.6 Å². The van der Waals surface area contributed by atoms with E-state index in [1.54, 1.807) is 24.0 Å². The van der Waals surface area contributed by atoms with Gasteiger partial charge in [0, 0.05) is 29.8 Å². The summed E-state index contributed by atoms with van der Waals surface area (Å²) in [4.78, 5) is 55.0. The summed E-state index contributed by atoms with van der Waals surface area (Å²) in [6, 6.07) is 22.1. The van der Waals surface area contributed by atoms with Gasteiger partial charge in [0.05, 0.1) is 18.3 Å². The molecule has 3 aromatic carbocycles. The highest BCUT2D eigenvalue weighted by molar-refractivity contribution is 6.00. The van der Waals surface area contributed by atoms with Crippen molar-refractivity contribution in [3.8, 4) is 16.8 Å². The van der Waals surface area contributed by atoms with Crippen molar-refractivity contribution in [2.75, 3.05) is 11.4 Å². The van der Waals surface area contributed by atoms with E-state index < -0.39 is 28.9 Å². The number of carbonyl (C=O) groups excluding carboxylic acids is 2. The number of para-hydroxylation sites is 2. The van der Waals surface area contributed by atoms with E-state index in [0.29, 0.717) is 31.6 Å². The summed E-state index contributed by atoms with van der Waals surface area (Å²) in [7, 11) is 0. The lowest BCUT2D eigenvalue weighted by atomic mass is 9.99. The van der Waals surface area contributed by atoms with Crippen molar-refractivity contribution < 1.29 is 14.7 Å². The van der Waals surface area contributed by atoms with E-state index in [4.69, 9.17) is 0 Å². The third kappa shape index (κ3) is 7.62. The Morgan fingerprint density at radius 3 is 2.42 bits per heavy atom. The lowest BCUT2D eigenvalue weighted by Crippen LogP contribution is -2.51. The number of fused-ring (bicyclic) bond motifs is 1. The third-order valence-electron chi connectivity index (χ3n) is 7.81. The number of nitrogens with one attached hydrogen (secondary N) is 3. The summed E-state index contributed by atoms with van der Waals surface area (Å²) in [5, 5.41) is 19.8. The van der Waals surface area contributed by atoms with Crippen molar-refractivity contribution in [3.63, 3.8) is 0 Å². The number of carbonyl (C=O) groups is 2. The number of β-amino-alcohol motifs (C(OH)–C–C–N with tert-alkyl or cyclic N) is 1. The first-order valence-corrected chi connectivity index (χ1v) is 15.0. The Bertz CT molecular complexity index is 1790. The van der Waals surface area contributed by atoms with Crippen LogP contribution in [0.1, 0.15) is 44.7 Å². The SMILES string of the molecule is C[C@@H](O)CNC(C)(C)CC(=O)N[C@@H]1CCc2ccccc2N(Cc2ccc(-c3ccccc3-n3ncc(=O)[nH]c3=O)cc2)C1=O. The van der Waals surface area contributed by atoms with Gasteiger partial charge in [-0.25, -0.2) is 4.79 Å². The number of aliphatic hydroxyl groups excluding tert-OH is 1. The zero-order valence-electron chi connectivity index (χ0n) is 25.6. The zero-order chi connectivity index (χ0) is 32.1. The minimum atomic E-state index is -0.688. The first kappa shape index (κ1) is 31.6. The topological polar surface area (TPSA) is 149 Å². The number of rotatable bonds is 10. The molecule has 2 amide bonds. The molecular weight excluding hydrogens is 572 g/mol. The maximum atomic E-state index is 14.0. The number of hydrogen-bond donors (Lipinski definition) is 4. The smallest absolute Gasteiger partial charge is 0.349 e. The summed E-state index contributed by atoms with van der Waals surface area (Å²) >= 11 is 0. The molecule has 45 heavy (non-hydrogen) atoms. The monoisotopic (exact) mass is 610 g/mol. The molecule has 11 heteroatoms. The maximum Gasteiger partial charge on any atom is 0.349 e. The second-order valence-electron chi connectivity index (χ2n) is 12.1. The first-order valence-electron chi connectivity index (χ1n) is 15.0. The van der Waals surface area contributed by atoms with Crippen molar-refractivity contribution in [2.24, 2.45) is 0 Å². The van der Waals surface area contributed by atoms with Crippen LogP contribution in [0.3, 0.4) is 0 Å². The first-order chi connectivity index (χ1) is 21.5. The standard InChI is InChI=1S/C34H38N6O5/c1-22(41)19-35-34(2,3)18-30(42)37-27-17-16-25-8-4-6-10-28(25)39(32(27)44)21-23-12-14-24(15-13-23)26-9-5-7-11-29(26)40-33(45)38-31(43)20-36-40/h4-15,20,22,27,35,41H,16-19,21H2,1-3H3,(H,37,42)(H,38,43,45)/t22-,27-/m1/s1. The molecule has 11 nitrogen and oxygen atoms in total. The highest BCUT2D eigenvalue weighted by Crippen LogP contribution is 2.30. The summed E-state index contributed by atoms with van der Waals surface area (Å²) in [6.45, 7) is 6.12. The van der Waals surface area contributed by atoms with E-state index in [1.165, 1.54) is 0 Å². The lowest BCUT2D eigenvalue weighted by Gasteiger charge is -2.29. The van der Waals surface area contributed by atoms with Gasteiger partial charge in [-0.05, 0) is 62.4 Å². The third-order valence-corrected chi connectivity index (χ3v) is 7.81. The Hall–Kier alpha value is -4.87. The fourth-order valence-electron chi connectivity index (χ4n) is 5.55. The van der Waals surface area contributed by atoms with Crippen LogP contribution in [0.2, 0.25) is 0 Å². The number of aryl methyl sites for hydroxylation is 1. The predicted octanol–water partition coefficient (Wildman–Crippen LogP) is 2.69. The molecule has 0 spiro atoms. The van der Waals surface area contributed by atoms with Gasteiger partial charge in [0.2, 0.25) is 11.8 Å². The average molecular weight is 611 g/mol. The summed E-state index contributed by atoms with van der Waals surface area (Å²) in [6.07, 6.45) is 1.79. The van der Waals surface area contributed by atoms with Gasteiger partial charge in [-0.15, -0.1) is 0 Å². The van der Waals surface area contributed by atoms with Crippen molar-refractivity contribution in [1.29, 1.82) is 0 Å². The zero-order valence-corrected chi connectivity index (χ0v) is 25.6. The van der Waals surface area contributed by atoms with Gasteiger partial charge >= 0.3 is 5.69 Å².